The maximum atomic E-state index is 13.6. The fourth-order valence-corrected chi connectivity index (χ4v) is 2.89. The molecular formula is C18H14F2N2O5. The van der Waals surface area contributed by atoms with Gasteiger partial charge in [-0.1, -0.05) is 0 Å². The number of rotatable bonds is 4. The number of carbonyl (C=O) groups excluding carboxylic acids is 2. The van der Waals surface area contributed by atoms with Gasteiger partial charge in [-0.15, -0.1) is 0 Å². The second-order valence-corrected chi connectivity index (χ2v) is 5.92. The van der Waals surface area contributed by atoms with Crippen molar-refractivity contribution in [2.75, 3.05) is 18.1 Å². The summed E-state index contributed by atoms with van der Waals surface area (Å²) in [4.78, 5) is 36.0. The number of aryl methyl sites for hydroxylation is 1. The monoisotopic (exact) mass is 376 g/mol. The summed E-state index contributed by atoms with van der Waals surface area (Å²) in [6.45, 7) is -0.266. The Labute approximate surface area is 152 Å². The lowest BCUT2D eigenvalue weighted by Gasteiger charge is -2.29. The highest BCUT2D eigenvalue weighted by Gasteiger charge is 2.25. The maximum Gasteiger partial charge on any atom is 0.341 e. The number of hydrogen-bond acceptors (Lipinski definition) is 5. The van der Waals surface area contributed by atoms with Gasteiger partial charge in [-0.25, -0.2) is 13.6 Å². The third kappa shape index (κ3) is 3.91. The van der Waals surface area contributed by atoms with Gasteiger partial charge in [0, 0.05) is 30.4 Å². The summed E-state index contributed by atoms with van der Waals surface area (Å²) in [5.41, 5.74) is 0.626. The van der Waals surface area contributed by atoms with Crippen LogP contribution in [0, 0.1) is 21.7 Å². The van der Waals surface area contributed by atoms with Crippen LogP contribution in [-0.4, -0.2) is 30.0 Å². The van der Waals surface area contributed by atoms with Gasteiger partial charge in [0.1, 0.15) is 11.6 Å². The molecule has 27 heavy (non-hydrogen) atoms. The summed E-state index contributed by atoms with van der Waals surface area (Å²) < 4.78 is 31.3. The molecule has 0 aromatic heterocycles. The number of halogens is 2. The Kier molecular flexibility index (Phi) is 5.11. The number of amides is 1. The molecule has 140 valence electrons. The highest BCUT2D eigenvalue weighted by Crippen LogP contribution is 2.30. The summed E-state index contributed by atoms with van der Waals surface area (Å²) in [5, 5.41) is 10.9. The number of carbonyl (C=O) groups is 2. The maximum absolute atomic E-state index is 13.6. The highest BCUT2D eigenvalue weighted by atomic mass is 19.1. The minimum absolute atomic E-state index is 0.0683. The molecule has 1 heterocycles. The van der Waals surface area contributed by atoms with E-state index in [0.29, 0.717) is 36.7 Å². The Morgan fingerprint density at radius 2 is 1.96 bits per heavy atom. The van der Waals surface area contributed by atoms with E-state index in [4.69, 9.17) is 4.74 Å². The van der Waals surface area contributed by atoms with E-state index in [9.17, 15) is 28.5 Å². The van der Waals surface area contributed by atoms with Crippen molar-refractivity contribution in [2.24, 2.45) is 0 Å². The summed E-state index contributed by atoms with van der Waals surface area (Å²) in [7, 11) is 0. The van der Waals surface area contributed by atoms with E-state index in [1.165, 1.54) is 23.1 Å². The van der Waals surface area contributed by atoms with Gasteiger partial charge in [-0.3, -0.25) is 14.9 Å². The van der Waals surface area contributed by atoms with E-state index in [-0.39, 0.29) is 5.69 Å². The molecule has 1 aliphatic rings. The number of anilines is 1. The van der Waals surface area contributed by atoms with Crippen molar-refractivity contribution >= 4 is 23.3 Å². The number of ether oxygens (including phenoxy) is 1. The molecule has 0 saturated carbocycles. The van der Waals surface area contributed by atoms with Crippen LogP contribution in [0.15, 0.2) is 36.4 Å². The zero-order valence-electron chi connectivity index (χ0n) is 14.0. The van der Waals surface area contributed by atoms with E-state index < -0.39 is 40.6 Å². The van der Waals surface area contributed by atoms with Crippen LogP contribution >= 0.6 is 0 Å². The minimum atomic E-state index is -1.08. The van der Waals surface area contributed by atoms with Crippen LogP contribution in [0.3, 0.4) is 0 Å². The Hall–Kier alpha value is -3.36. The van der Waals surface area contributed by atoms with Gasteiger partial charge in [-0.05, 0) is 36.6 Å². The predicted molar refractivity (Wildman–Crippen MR) is 90.4 cm³/mol. The Balaban J connectivity index is 1.70. The lowest BCUT2D eigenvalue weighted by atomic mass is 10.0. The SMILES string of the molecule is O=C(OCC(=O)N1CCCc2cc([N+](=O)[O-])ccc21)c1ccc(F)cc1F. The van der Waals surface area contributed by atoms with Crippen LogP contribution < -0.4 is 4.90 Å². The second kappa shape index (κ2) is 7.48. The molecule has 7 nitrogen and oxygen atoms in total. The molecule has 0 saturated heterocycles. The normalized spacial score (nSPS) is 13.0. The molecule has 0 spiro atoms. The largest absolute Gasteiger partial charge is 0.452 e. The molecule has 3 rings (SSSR count). The first kappa shape index (κ1) is 18.4. The standard InChI is InChI=1S/C18H14F2N2O5/c19-12-3-5-14(15(20)9-12)18(24)27-10-17(23)21-7-1-2-11-8-13(22(25)26)4-6-16(11)21/h3-6,8-9H,1-2,7,10H2. The van der Waals surface area contributed by atoms with Gasteiger partial charge in [0.25, 0.3) is 11.6 Å². The zero-order valence-corrected chi connectivity index (χ0v) is 14.0. The van der Waals surface area contributed by atoms with E-state index >= 15 is 0 Å². The van der Waals surface area contributed by atoms with Crippen molar-refractivity contribution in [3.63, 3.8) is 0 Å². The molecule has 2 aromatic carbocycles. The summed E-state index contributed by atoms with van der Waals surface area (Å²) >= 11 is 0. The molecule has 0 radical (unpaired) electrons. The van der Waals surface area contributed by atoms with Crippen LogP contribution in [0.2, 0.25) is 0 Å². The first-order valence-electron chi connectivity index (χ1n) is 8.06. The molecule has 0 fully saturated rings. The van der Waals surface area contributed by atoms with Crippen LogP contribution in [0.25, 0.3) is 0 Å². The number of hydrogen-bond donors (Lipinski definition) is 0. The predicted octanol–water partition coefficient (Wildman–Crippen LogP) is 3.01. The summed E-state index contributed by atoms with van der Waals surface area (Å²) in [6.07, 6.45) is 1.18. The highest BCUT2D eigenvalue weighted by molar-refractivity contribution is 5.98. The molecule has 0 bridgehead atoms. The molecule has 1 amide bonds. The van der Waals surface area contributed by atoms with Crippen molar-refractivity contribution in [1.29, 1.82) is 0 Å². The number of fused-ring (bicyclic) bond motifs is 1. The topological polar surface area (TPSA) is 89.8 Å². The van der Waals surface area contributed by atoms with Crippen molar-refractivity contribution in [2.45, 2.75) is 12.8 Å². The Morgan fingerprint density at radius 1 is 1.19 bits per heavy atom. The van der Waals surface area contributed by atoms with Gasteiger partial charge >= 0.3 is 5.97 Å². The average molecular weight is 376 g/mol. The van der Waals surface area contributed by atoms with Gasteiger partial charge in [0.05, 0.1) is 10.5 Å². The molecular weight excluding hydrogens is 362 g/mol. The molecule has 0 N–H and O–H groups in total. The number of esters is 1. The van der Waals surface area contributed by atoms with E-state index in [1.54, 1.807) is 0 Å². The zero-order chi connectivity index (χ0) is 19.6. The Morgan fingerprint density at radius 3 is 2.67 bits per heavy atom. The number of nitro benzene ring substituents is 1. The van der Waals surface area contributed by atoms with Crippen LogP contribution in [0.1, 0.15) is 22.3 Å². The molecule has 1 aliphatic heterocycles. The van der Waals surface area contributed by atoms with Crippen LogP contribution in [-0.2, 0) is 16.0 Å². The van der Waals surface area contributed by atoms with Crippen molar-refractivity contribution < 1.29 is 28.0 Å². The number of benzene rings is 2. The van der Waals surface area contributed by atoms with Crippen molar-refractivity contribution in [1.82, 2.24) is 0 Å². The second-order valence-electron chi connectivity index (χ2n) is 5.92. The van der Waals surface area contributed by atoms with Crippen molar-refractivity contribution in [3.8, 4) is 0 Å². The van der Waals surface area contributed by atoms with E-state index in [0.717, 1.165) is 12.1 Å². The van der Waals surface area contributed by atoms with Gasteiger partial charge in [-0.2, -0.15) is 0 Å². The van der Waals surface area contributed by atoms with Gasteiger partial charge < -0.3 is 9.64 Å². The minimum Gasteiger partial charge on any atom is -0.452 e. The first-order valence-corrected chi connectivity index (χ1v) is 8.06. The van der Waals surface area contributed by atoms with Crippen LogP contribution in [0.4, 0.5) is 20.2 Å². The number of non-ortho nitro benzene ring substituents is 1. The summed E-state index contributed by atoms with van der Waals surface area (Å²) in [6, 6.07) is 6.58. The smallest absolute Gasteiger partial charge is 0.341 e. The third-order valence-corrected chi connectivity index (χ3v) is 4.17. The van der Waals surface area contributed by atoms with Crippen molar-refractivity contribution in [3.05, 3.63) is 69.3 Å². The van der Waals surface area contributed by atoms with Crippen LogP contribution in [0.5, 0.6) is 0 Å². The fourth-order valence-electron chi connectivity index (χ4n) is 2.89. The van der Waals surface area contributed by atoms with Gasteiger partial charge in [0.15, 0.2) is 6.61 Å². The Bertz CT molecular complexity index is 932. The van der Waals surface area contributed by atoms with E-state index in [2.05, 4.69) is 0 Å². The summed E-state index contributed by atoms with van der Waals surface area (Å²) in [5.74, 6) is -3.54. The molecule has 2 aromatic rings. The van der Waals surface area contributed by atoms with Gasteiger partial charge in [0.2, 0.25) is 0 Å². The number of nitrogens with zero attached hydrogens (tertiary/aromatic N) is 2. The number of nitro groups is 1. The molecule has 9 heteroatoms. The molecule has 0 unspecified atom stereocenters. The third-order valence-electron chi connectivity index (χ3n) is 4.17. The molecule has 0 atom stereocenters. The van der Waals surface area contributed by atoms with E-state index in [1.807, 2.05) is 0 Å². The first-order chi connectivity index (χ1) is 12.9. The molecule has 0 aliphatic carbocycles. The average Bonchev–Trinajstić information content (AvgIpc) is 2.64. The lowest BCUT2D eigenvalue weighted by Crippen LogP contribution is -2.38. The quantitative estimate of drug-likeness (QED) is 0.465. The fraction of sp³-hybridized carbons (Fsp3) is 0.222. The lowest BCUT2D eigenvalue weighted by molar-refractivity contribution is -0.384.